The summed E-state index contributed by atoms with van der Waals surface area (Å²) in [5, 5.41) is 12.7. The lowest BCUT2D eigenvalue weighted by atomic mass is 10.1. The lowest BCUT2D eigenvalue weighted by molar-refractivity contribution is -0.145. The van der Waals surface area contributed by atoms with Crippen LogP contribution in [0.5, 0.6) is 5.75 Å². The number of rotatable bonds is 8. The first kappa shape index (κ1) is 26.5. The molecule has 1 unspecified atom stereocenters. The molecule has 1 saturated heterocycles. The van der Waals surface area contributed by atoms with Crippen molar-refractivity contribution in [1.29, 1.82) is 0 Å². The summed E-state index contributed by atoms with van der Waals surface area (Å²) in [6.07, 6.45) is 1.71. The number of phenolic OH excluding ortho intramolecular Hbond substituents is 1. The number of nitrogens with one attached hydrogen (secondary N) is 1. The molecule has 11 heteroatoms. The van der Waals surface area contributed by atoms with E-state index < -0.39 is 23.8 Å². The number of phenols is 1. The van der Waals surface area contributed by atoms with E-state index in [1.54, 1.807) is 42.5 Å². The molecule has 4 rings (SSSR count). The number of aromatic hydroxyl groups is 1. The second-order valence-corrected chi connectivity index (χ2v) is 10.1. The summed E-state index contributed by atoms with van der Waals surface area (Å²) >= 11 is 12.3. The fourth-order valence-corrected chi connectivity index (χ4v) is 4.91. The minimum absolute atomic E-state index is 0.0839. The molecule has 2 aromatic carbocycles. The first-order valence-corrected chi connectivity index (χ1v) is 12.6. The number of esters is 1. The van der Waals surface area contributed by atoms with E-state index in [2.05, 4.69) is 5.32 Å². The van der Waals surface area contributed by atoms with E-state index in [1.807, 2.05) is 12.1 Å². The SMILES string of the molecule is COC(=O)C(Cc1ccc(O)cc1)NC(=O)CN1C(=O)/C(=C/c2ccc(-c3ccc(Cl)cc3)o2)SC1=S. The van der Waals surface area contributed by atoms with Crippen LogP contribution in [0.25, 0.3) is 17.4 Å². The van der Waals surface area contributed by atoms with Crippen LogP contribution in [0.1, 0.15) is 11.3 Å². The molecular weight excluding hydrogens is 536 g/mol. The first-order chi connectivity index (χ1) is 17.7. The minimum Gasteiger partial charge on any atom is -0.508 e. The molecule has 2 N–H and O–H groups in total. The predicted molar refractivity (Wildman–Crippen MR) is 145 cm³/mol. The van der Waals surface area contributed by atoms with Gasteiger partial charge in [-0.1, -0.05) is 47.7 Å². The van der Waals surface area contributed by atoms with Crippen LogP contribution < -0.4 is 5.32 Å². The van der Waals surface area contributed by atoms with Crippen molar-refractivity contribution in [3.8, 4) is 17.1 Å². The Bertz CT molecular complexity index is 1370. The van der Waals surface area contributed by atoms with Gasteiger partial charge in [0, 0.05) is 23.1 Å². The van der Waals surface area contributed by atoms with Gasteiger partial charge in [0.05, 0.1) is 12.0 Å². The Balaban J connectivity index is 1.41. The van der Waals surface area contributed by atoms with Crippen molar-refractivity contribution < 1.29 is 28.6 Å². The van der Waals surface area contributed by atoms with Gasteiger partial charge in [0.1, 0.15) is 34.2 Å². The first-order valence-electron chi connectivity index (χ1n) is 11.0. The molecule has 0 spiro atoms. The summed E-state index contributed by atoms with van der Waals surface area (Å²) in [5.74, 6) is -0.506. The highest BCUT2D eigenvalue weighted by Gasteiger charge is 2.34. The number of carbonyl (C=O) groups is 3. The van der Waals surface area contributed by atoms with Crippen LogP contribution in [0.4, 0.5) is 0 Å². The molecule has 0 radical (unpaired) electrons. The van der Waals surface area contributed by atoms with Gasteiger partial charge < -0.3 is 19.6 Å². The van der Waals surface area contributed by atoms with Gasteiger partial charge in [-0.2, -0.15) is 0 Å². The third kappa shape index (κ3) is 6.59. The summed E-state index contributed by atoms with van der Waals surface area (Å²) in [7, 11) is 1.22. The molecular formula is C26H21ClN2O6S2. The van der Waals surface area contributed by atoms with E-state index in [1.165, 1.54) is 24.1 Å². The van der Waals surface area contributed by atoms with Crippen LogP contribution in [-0.2, 0) is 25.5 Å². The number of methoxy groups -OCH3 is 1. The molecule has 0 bridgehead atoms. The number of benzene rings is 2. The van der Waals surface area contributed by atoms with E-state index in [0.717, 1.165) is 17.3 Å². The van der Waals surface area contributed by atoms with Gasteiger partial charge in [0.25, 0.3) is 5.91 Å². The maximum absolute atomic E-state index is 13.0. The molecule has 1 aromatic heterocycles. The van der Waals surface area contributed by atoms with Crippen molar-refractivity contribution >= 4 is 63.8 Å². The normalized spacial score (nSPS) is 15.2. The lowest BCUT2D eigenvalue weighted by Crippen LogP contribution is -2.47. The predicted octanol–water partition coefficient (Wildman–Crippen LogP) is 4.41. The van der Waals surface area contributed by atoms with Gasteiger partial charge in [-0.05, 0) is 54.1 Å². The molecule has 1 aliphatic rings. The minimum atomic E-state index is -0.981. The molecule has 0 aliphatic carbocycles. The highest BCUT2D eigenvalue weighted by Crippen LogP contribution is 2.33. The summed E-state index contributed by atoms with van der Waals surface area (Å²) in [5.41, 5.74) is 1.54. The number of amides is 2. The third-order valence-electron chi connectivity index (χ3n) is 5.40. The Labute approximate surface area is 227 Å². The number of thioether (sulfide) groups is 1. The van der Waals surface area contributed by atoms with E-state index in [-0.39, 0.29) is 23.0 Å². The highest BCUT2D eigenvalue weighted by atomic mass is 35.5. The van der Waals surface area contributed by atoms with Crippen LogP contribution >= 0.6 is 35.6 Å². The van der Waals surface area contributed by atoms with Crippen LogP contribution in [0.3, 0.4) is 0 Å². The van der Waals surface area contributed by atoms with E-state index in [0.29, 0.717) is 27.0 Å². The van der Waals surface area contributed by atoms with E-state index in [9.17, 15) is 19.5 Å². The quantitative estimate of drug-likeness (QED) is 0.239. The van der Waals surface area contributed by atoms with Crippen LogP contribution in [-0.4, -0.2) is 51.8 Å². The molecule has 190 valence electrons. The monoisotopic (exact) mass is 556 g/mol. The molecule has 3 aromatic rings. The number of thiocarbonyl (C=S) groups is 1. The average Bonchev–Trinajstić information content (AvgIpc) is 3.45. The fourth-order valence-electron chi connectivity index (χ4n) is 3.55. The van der Waals surface area contributed by atoms with Gasteiger partial charge in [0.2, 0.25) is 5.91 Å². The molecule has 1 atom stereocenters. The Kier molecular flexibility index (Phi) is 8.32. The van der Waals surface area contributed by atoms with Gasteiger partial charge in [-0.25, -0.2) is 4.79 Å². The average molecular weight is 557 g/mol. The second-order valence-electron chi connectivity index (χ2n) is 7.99. The fraction of sp³-hybridized carbons (Fsp3) is 0.154. The number of furan rings is 1. The van der Waals surface area contributed by atoms with Crippen LogP contribution in [0.2, 0.25) is 5.02 Å². The van der Waals surface area contributed by atoms with Crippen molar-refractivity contribution in [2.24, 2.45) is 0 Å². The summed E-state index contributed by atoms with van der Waals surface area (Å²) in [4.78, 5) is 39.4. The van der Waals surface area contributed by atoms with Gasteiger partial charge >= 0.3 is 5.97 Å². The zero-order chi connectivity index (χ0) is 26.5. The number of hydrogen-bond donors (Lipinski definition) is 2. The second kappa shape index (κ2) is 11.6. The Morgan fingerprint density at radius 1 is 1.16 bits per heavy atom. The zero-order valence-corrected chi connectivity index (χ0v) is 21.9. The number of hydrogen-bond acceptors (Lipinski definition) is 8. The Morgan fingerprint density at radius 3 is 2.54 bits per heavy atom. The van der Waals surface area contributed by atoms with Crippen molar-refractivity contribution in [1.82, 2.24) is 10.2 Å². The molecule has 8 nitrogen and oxygen atoms in total. The molecule has 2 amide bonds. The number of ether oxygens (including phenoxy) is 1. The zero-order valence-electron chi connectivity index (χ0n) is 19.5. The van der Waals surface area contributed by atoms with Crippen molar-refractivity contribution in [3.63, 3.8) is 0 Å². The summed E-state index contributed by atoms with van der Waals surface area (Å²) in [6, 6.07) is 15.9. The van der Waals surface area contributed by atoms with E-state index in [4.69, 9.17) is 33.0 Å². The smallest absolute Gasteiger partial charge is 0.328 e. The van der Waals surface area contributed by atoms with Gasteiger partial charge in [0.15, 0.2) is 0 Å². The third-order valence-corrected chi connectivity index (χ3v) is 7.03. The molecule has 1 fully saturated rings. The number of halogens is 1. The molecule has 0 saturated carbocycles. The van der Waals surface area contributed by atoms with Crippen molar-refractivity contribution in [2.45, 2.75) is 12.5 Å². The Morgan fingerprint density at radius 2 is 1.86 bits per heavy atom. The van der Waals surface area contributed by atoms with Crippen molar-refractivity contribution in [2.75, 3.05) is 13.7 Å². The molecule has 2 heterocycles. The standard InChI is InChI=1S/C26H21ClN2O6S2/c1-34-25(33)20(12-15-2-8-18(30)9-3-15)28-23(31)14-29-24(32)22(37-26(29)36)13-19-10-11-21(35-19)16-4-6-17(27)7-5-16/h2-11,13,20,30H,12,14H2,1H3,(H,28,31)/b22-13-. The Hall–Kier alpha value is -3.60. The highest BCUT2D eigenvalue weighted by molar-refractivity contribution is 8.26. The van der Waals surface area contributed by atoms with Crippen LogP contribution in [0.15, 0.2) is 70.0 Å². The largest absolute Gasteiger partial charge is 0.508 e. The summed E-state index contributed by atoms with van der Waals surface area (Å²) < 4.78 is 10.9. The summed E-state index contributed by atoms with van der Waals surface area (Å²) in [6.45, 7) is -0.362. The topological polar surface area (TPSA) is 109 Å². The maximum atomic E-state index is 13.0. The lowest BCUT2D eigenvalue weighted by Gasteiger charge is -2.19. The molecule has 1 aliphatic heterocycles. The van der Waals surface area contributed by atoms with Crippen molar-refractivity contribution in [3.05, 3.63) is 81.9 Å². The maximum Gasteiger partial charge on any atom is 0.328 e. The molecule has 37 heavy (non-hydrogen) atoms. The number of carbonyl (C=O) groups excluding carboxylic acids is 3. The van der Waals surface area contributed by atoms with Gasteiger partial charge in [-0.15, -0.1) is 0 Å². The van der Waals surface area contributed by atoms with Crippen LogP contribution in [0, 0.1) is 0 Å². The van der Waals surface area contributed by atoms with E-state index >= 15 is 0 Å². The number of nitrogens with zero attached hydrogens (tertiary/aromatic N) is 1. The van der Waals surface area contributed by atoms with Gasteiger partial charge in [-0.3, -0.25) is 14.5 Å².